The monoisotopic (exact) mass is 400 g/mol. The van der Waals surface area contributed by atoms with E-state index in [0.717, 1.165) is 34.1 Å². The number of ketones is 1. The Labute approximate surface area is 169 Å². The standard InChI is InChI=1S/C23H28O4S/c24-13-7-3-1-2-4-9-17-18(21(27)15-20(17)26)11-12-19(25)23-14-16-8-5-6-10-22(16)28-23/h2,4-6,8,10,13-14,17-19,21,25,27H,1,3,7,9,11-12,15H2/b4-2-/t17-,18-,19-,21-/m1/s1. The highest BCUT2D eigenvalue weighted by Gasteiger charge is 2.40. The van der Waals surface area contributed by atoms with Gasteiger partial charge in [0.15, 0.2) is 0 Å². The number of rotatable bonds is 10. The summed E-state index contributed by atoms with van der Waals surface area (Å²) in [5, 5.41) is 22.1. The van der Waals surface area contributed by atoms with Crippen molar-refractivity contribution < 1.29 is 19.8 Å². The third kappa shape index (κ3) is 5.16. The van der Waals surface area contributed by atoms with Crippen LogP contribution in [0.4, 0.5) is 0 Å². The van der Waals surface area contributed by atoms with Gasteiger partial charge in [0.05, 0.1) is 12.2 Å². The molecule has 1 aromatic heterocycles. The number of carbonyl (C=O) groups is 2. The lowest BCUT2D eigenvalue weighted by Gasteiger charge is -2.21. The van der Waals surface area contributed by atoms with Crippen molar-refractivity contribution in [1.29, 1.82) is 0 Å². The van der Waals surface area contributed by atoms with Crippen molar-refractivity contribution in [2.45, 2.75) is 57.2 Å². The Morgan fingerprint density at radius 1 is 1.21 bits per heavy atom. The van der Waals surface area contributed by atoms with E-state index >= 15 is 0 Å². The molecule has 0 amide bonds. The number of thiophene rings is 1. The van der Waals surface area contributed by atoms with Gasteiger partial charge in [0.25, 0.3) is 0 Å². The van der Waals surface area contributed by atoms with E-state index in [9.17, 15) is 19.8 Å². The van der Waals surface area contributed by atoms with E-state index in [-0.39, 0.29) is 24.0 Å². The van der Waals surface area contributed by atoms with Crippen LogP contribution in [0.3, 0.4) is 0 Å². The second-order valence-corrected chi connectivity index (χ2v) is 8.71. The number of hydrogen-bond acceptors (Lipinski definition) is 5. The van der Waals surface area contributed by atoms with E-state index in [1.165, 1.54) is 0 Å². The highest BCUT2D eigenvalue weighted by molar-refractivity contribution is 7.19. The maximum absolute atomic E-state index is 12.3. The second-order valence-electron chi connectivity index (χ2n) is 7.59. The summed E-state index contributed by atoms with van der Waals surface area (Å²) in [7, 11) is 0. The average molecular weight is 401 g/mol. The molecule has 0 bridgehead atoms. The second kappa shape index (κ2) is 10.1. The first kappa shape index (κ1) is 20.9. The van der Waals surface area contributed by atoms with Gasteiger partial charge < -0.3 is 15.0 Å². The van der Waals surface area contributed by atoms with E-state index in [0.29, 0.717) is 25.7 Å². The van der Waals surface area contributed by atoms with Crippen molar-refractivity contribution in [3.63, 3.8) is 0 Å². The highest BCUT2D eigenvalue weighted by atomic mass is 32.1. The Hall–Kier alpha value is -1.82. The fourth-order valence-corrected chi connectivity index (χ4v) is 5.14. The summed E-state index contributed by atoms with van der Waals surface area (Å²) < 4.78 is 1.16. The quantitative estimate of drug-likeness (QED) is 0.347. The molecule has 0 saturated heterocycles. The minimum atomic E-state index is -0.615. The number of unbranched alkanes of at least 4 members (excludes halogenated alkanes) is 2. The molecular formula is C23H28O4S. The molecule has 0 unspecified atom stereocenters. The molecule has 0 spiro atoms. The number of benzene rings is 1. The van der Waals surface area contributed by atoms with Crippen LogP contribution in [0, 0.1) is 11.8 Å². The summed E-state index contributed by atoms with van der Waals surface area (Å²) in [6, 6.07) is 10.1. The Kier molecular flexibility index (Phi) is 7.54. The zero-order valence-corrected chi connectivity index (χ0v) is 16.8. The number of allylic oxidation sites excluding steroid dienone is 2. The van der Waals surface area contributed by atoms with Gasteiger partial charge in [0.1, 0.15) is 12.1 Å². The molecule has 1 saturated carbocycles. The zero-order valence-electron chi connectivity index (χ0n) is 16.0. The van der Waals surface area contributed by atoms with Gasteiger partial charge in [-0.05, 0) is 55.5 Å². The summed E-state index contributed by atoms with van der Waals surface area (Å²) in [6.45, 7) is 0. The Balaban J connectivity index is 1.55. The minimum absolute atomic E-state index is 0.101. The molecule has 1 fully saturated rings. The molecule has 3 rings (SSSR count). The number of aldehydes is 1. The first-order valence-electron chi connectivity index (χ1n) is 10.1. The van der Waals surface area contributed by atoms with Crippen LogP contribution in [-0.2, 0) is 9.59 Å². The molecule has 1 aromatic carbocycles. The molecule has 0 radical (unpaired) electrons. The van der Waals surface area contributed by atoms with Gasteiger partial charge in [-0.1, -0.05) is 30.4 Å². The van der Waals surface area contributed by atoms with Gasteiger partial charge in [0, 0.05) is 28.3 Å². The summed E-state index contributed by atoms with van der Waals surface area (Å²) in [4.78, 5) is 23.6. The van der Waals surface area contributed by atoms with Crippen LogP contribution in [0.2, 0.25) is 0 Å². The molecule has 4 atom stereocenters. The third-order valence-corrected chi connectivity index (χ3v) is 6.85. The number of hydrogen-bond donors (Lipinski definition) is 2. The maximum Gasteiger partial charge on any atom is 0.139 e. The molecule has 4 nitrogen and oxygen atoms in total. The van der Waals surface area contributed by atoms with Crippen molar-refractivity contribution in [3.05, 3.63) is 47.4 Å². The van der Waals surface area contributed by atoms with Crippen LogP contribution in [-0.4, -0.2) is 28.4 Å². The number of aliphatic hydroxyl groups excluding tert-OH is 2. The summed E-state index contributed by atoms with van der Waals surface area (Å²) in [6.07, 6.45) is 7.98. The molecule has 150 valence electrons. The predicted octanol–water partition coefficient (Wildman–Crippen LogP) is 4.60. The number of fused-ring (bicyclic) bond motifs is 1. The Morgan fingerprint density at radius 3 is 2.82 bits per heavy atom. The molecule has 2 N–H and O–H groups in total. The molecule has 1 heterocycles. The zero-order chi connectivity index (χ0) is 19.9. The van der Waals surface area contributed by atoms with Gasteiger partial charge in [-0.3, -0.25) is 4.79 Å². The molecule has 28 heavy (non-hydrogen) atoms. The predicted molar refractivity (Wildman–Crippen MR) is 112 cm³/mol. The van der Waals surface area contributed by atoms with Crippen LogP contribution in [0.25, 0.3) is 10.1 Å². The largest absolute Gasteiger partial charge is 0.392 e. The fraction of sp³-hybridized carbons (Fsp3) is 0.478. The number of aliphatic hydroxyl groups is 2. The summed E-state index contributed by atoms with van der Waals surface area (Å²) >= 11 is 1.60. The topological polar surface area (TPSA) is 74.6 Å². The van der Waals surface area contributed by atoms with Gasteiger partial charge in [-0.15, -0.1) is 11.3 Å². The minimum Gasteiger partial charge on any atom is -0.392 e. The molecule has 2 aromatic rings. The highest BCUT2D eigenvalue weighted by Crippen LogP contribution is 2.38. The van der Waals surface area contributed by atoms with Crippen molar-refractivity contribution in [2.24, 2.45) is 11.8 Å². The Morgan fingerprint density at radius 2 is 2.04 bits per heavy atom. The lowest BCUT2D eigenvalue weighted by molar-refractivity contribution is -0.121. The van der Waals surface area contributed by atoms with E-state index < -0.39 is 12.2 Å². The Bertz CT molecular complexity index is 792. The summed E-state index contributed by atoms with van der Waals surface area (Å²) in [5.41, 5.74) is 0. The normalized spacial score (nSPS) is 23.6. The van der Waals surface area contributed by atoms with E-state index in [1.54, 1.807) is 11.3 Å². The lowest BCUT2D eigenvalue weighted by Crippen LogP contribution is -2.21. The summed E-state index contributed by atoms with van der Waals surface area (Å²) in [5.74, 6) is -0.158. The molecule has 1 aliphatic carbocycles. The first-order chi connectivity index (χ1) is 13.6. The lowest BCUT2D eigenvalue weighted by atomic mass is 9.86. The van der Waals surface area contributed by atoms with Crippen LogP contribution in [0.1, 0.15) is 55.9 Å². The molecule has 0 aliphatic heterocycles. The van der Waals surface area contributed by atoms with Gasteiger partial charge >= 0.3 is 0 Å². The first-order valence-corrected chi connectivity index (χ1v) is 10.9. The molecular weight excluding hydrogens is 372 g/mol. The smallest absolute Gasteiger partial charge is 0.139 e. The van der Waals surface area contributed by atoms with Gasteiger partial charge in [-0.25, -0.2) is 0 Å². The van der Waals surface area contributed by atoms with Crippen LogP contribution < -0.4 is 0 Å². The fourth-order valence-electron chi connectivity index (χ4n) is 4.05. The maximum atomic E-state index is 12.3. The number of carbonyl (C=O) groups excluding carboxylic acids is 2. The van der Waals surface area contributed by atoms with E-state index in [1.807, 2.05) is 42.5 Å². The van der Waals surface area contributed by atoms with Gasteiger partial charge in [-0.2, -0.15) is 0 Å². The van der Waals surface area contributed by atoms with Crippen molar-refractivity contribution in [2.75, 3.05) is 0 Å². The third-order valence-electron chi connectivity index (χ3n) is 5.63. The average Bonchev–Trinajstić information content (AvgIpc) is 3.23. The van der Waals surface area contributed by atoms with Crippen LogP contribution in [0.5, 0.6) is 0 Å². The van der Waals surface area contributed by atoms with Crippen LogP contribution >= 0.6 is 11.3 Å². The van der Waals surface area contributed by atoms with Gasteiger partial charge in [0.2, 0.25) is 0 Å². The van der Waals surface area contributed by atoms with E-state index in [4.69, 9.17) is 0 Å². The SMILES string of the molecule is O=CCCC/C=C\C[C@H]1C(=O)C[C@@H](O)[C@@H]1CC[C@@H](O)c1cc2ccccc2s1. The molecule has 5 heteroatoms. The van der Waals surface area contributed by atoms with Crippen LogP contribution in [0.15, 0.2) is 42.5 Å². The van der Waals surface area contributed by atoms with Crippen molar-refractivity contribution >= 4 is 33.5 Å². The number of Topliss-reactive ketones (excluding diaryl/α,β-unsaturated/α-hetero) is 1. The van der Waals surface area contributed by atoms with Crippen molar-refractivity contribution in [1.82, 2.24) is 0 Å². The molecule has 1 aliphatic rings. The van der Waals surface area contributed by atoms with E-state index in [2.05, 4.69) is 0 Å². The van der Waals surface area contributed by atoms with Crippen molar-refractivity contribution in [3.8, 4) is 0 Å².